The summed E-state index contributed by atoms with van der Waals surface area (Å²) < 4.78 is 7.84. The van der Waals surface area contributed by atoms with Gasteiger partial charge in [-0.05, 0) is 25.7 Å². The molecule has 3 rings (SSSR count). The molecule has 2 N–H and O–H groups in total. The van der Waals surface area contributed by atoms with Gasteiger partial charge in [-0.3, -0.25) is 0 Å². The van der Waals surface area contributed by atoms with Gasteiger partial charge in [0.2, 0.25) is 0 Å². The van der Waals surface area contributed by atoms with Gasteiger partial charge in [0.05, 0.1) is 18.8 Å². The van der Waals surface area contributed by atoms with E-state index >= 15 is 0 Å². The van der Waals surface area contributed by atoms with E-state index in [1.165, 1.54) is 25.7 Å². The van der Waals surface area contributed by atoms with Crippen LogP contribution in [0.3, 0.4) is 0 Å². The molecule has 1 aromatic heterocycles. The SMILES string of the molecule is CCc1nc2n(n1)CCC[C@H]2NC(=O)NCCOC1CCCCCC1. The number of urea groups is 1. The molecule has 1 aromatic rings. The number of amides is 2. The fourth-order valence-corrected chi connectivity index (χ4v) is 3.69. The molecule has 7 nitrogen and oxygen atoms in total. The molecular formula is C18H31N5O2. The van der Waals surface area contributed by atoms with E-state index in [0.29, 0.717) is 19.3 Å². The molecule has 1 saturated carbocycles. The fraction of sp³-hybridized carbons (Fsp3) is 0.833. The van der Waals surface area contributed by atoms with Crippen molar-refractivity contribution in [2.75, 3.05) is 13.2 Å². The highest BCUT2D eigenvalue weighted by Gasteiger charge is 2.25. The highest BCUT2D eigenvalue weighted by molar-refractivity contribution is 5.74. The van der Waals surface area contributed by atoms with Crippen molar-refractivity contribution in [2.24, 2.45) is 0 Å². The number of aryl methyl sites for hydroxylation is 2. The van der Waals surface area contributed by atoms with E-state index in [-0.39, 0.29) is 12.1 Å². The van der Waals surface area contributed by atoms with Crippen molar-refractivity contribution in [3.05, 3.63) is 11.6 Å². The van der Waals surface area contributed by atoms with Crippen molar-refractivity contribution >= 4 is 6.03 Å². The first-order chi connectivity index (χ1) is 12.3. The zero-order valence-electron chi connectivity index (χ0n) is 15.3. The third-order valence-corrected chi connectivity index (χ3v) is 5.08. The maximum absolute atomic E-state index is 12.2. The molecule has 1 atom stereocenters. The summed E-state index contributed by atoms with van der Waals surface area (Å²) in [6.07, 6.45) is 10.6. The summed E-state index contributed by atoms with van der Waals surface area (Å²) in [7, 11) is 0. The molecule has 1 aliphatic heterocycles. The van der Waals surface area contributed by atoms with E-state index in [0.717, 1.165) is 50.3 Å². The maximum Gasteiger partial charge on any atom is 0.315 e. The van der Waals surface area contributed by atoms with E-state index in [1.54, 1.807) is 0 Å². The van der Waals surface area contributed by atoms with Crippen LogP contribution in [0.4, 0.5) is 4.79 Å². The standard InChI is InChI=1S/C18H31N5O2/c1-2-16-21-17-15(10-7-12-23(17)22-16)20-18(24)19-11-13-25-14-8-5-3-4-6-9-14/h14-15H,2-13H2,1H3,(H2,19,20,24)/t15-/m1/s1. The number of hydrogen-bond acceptors (Lipinski definition) is 4. The Labute approximate surface area is 149 Å². The molecule has 140 valence electrons. The minimum atomic E-state index is -0.149. The molecule has 1 fully saturated rings. The first-order valence-corrected chi connectivity index (χ1v) is 9.86. The summed E-state index contributed by atoms with van der Waals surface area (Å²) in [5.74, 6) is 1.73. The summed E-state index contributed by atoms with van der Waals surface area (Å²) in [6.45, 7) is 4.06. The van der Waals surface area contributed by atoms with Crippen LogP contribution >= 0.6 is 0 Å². The average Bonchev–Trinajstić information content (AvgIpc) is 2.88. The van der Waals surface area contributed by atoms with Gasteiger partial charge in [-0.25, -0.2) is 14.5 Å². The Hall–Kier alpha value is -1.63. The molecule has 0 saturated heterocycles. The Balaban J connectivity index is 1.39. The van der Waals surface area contributed by atoms with Crippen molar-refractivity contribution in [3.63, 3.8) is 0 Å². The van der Waals surface area contributed by atoms with Gasteiger partial charge in [-0.15, -0.1) is 0 Å². The summed E-state index contributed by atoms with van der Waals surface area (Å²) in [6, 6.07) is -0.201. The Morgan fingerprint density at radius 1 is 1.20 bits per heavy atom. The Morgan fingerprint density at radius 3 is 2.76 bits per heavy atom. The van der Waals surface area contributed by atoms with E-state index in [4.69, 9.17) is 4.74 Å². The number of nitrogens with one attached hydrogen (secondary N) is 2. The quantitative estimate of drug-likeness (QED) is 0.611. The number of nitrogens with zero attached hydrogens (tertiary/aromatic N) is 3. The van der Waals surface area contributed by atoms with Crippen LogP contribution in [-0.2, 0) is 17.7 Å². The van der Waals surface area contributed by atoms with Crippen molar-refractivity contribution < 1.29 is 9.53 Å². The Kier molecular flexibility index (Phi) is 6.67. The predicted octanol–water partition coefficient (Wildman–Crippen LogP) is 2.71. The number of aromatic nitrogens is 3. The number of hydrogen-bond donors (Lipinski definition) is 2. The highest BCUT2D eigenvalue weighted by Crippen LogP contribution is 2.23. The largest absolute Gasteiger partial charge is 0.376 e. The number of rotatable bonds is 6. The second-order valence-electron chi connectivity index (χ2n) is 7.04. The van der Waals surface area contributed by atoms with Crippen LogP contribution in [0.25, 0.3) is 0 Å². The monoisotopic (exact) mass is 349 g/mol. The highest BCUT2D eigenvalue weighted by atomic mass is 16.5. The normalized spacial score (nSPS) is 21.4. The van der Waals surface area contributed by atoms with Crippen molar-refractivity contribution in [1.29, 1.82) is 0 Å². The smallest absolute Gasteiger partial charge is 0.315 e. The van der Waals surface area contributed by atoms with Crippen LogP contribution in [0.5, 0.6) is 0 Å². The third kappa shape index (κ3) is 5.17. The Bertz CT molecular complexity index is 552. The van der Waals surface area contributed by atoms with Crippen LogP contribution in [0, 0.1) is 0 Å². The lowest BCUT2D eigenvalue weighted by atomic mass is 10.1. The number of carbonyl (C=O) groups is 1. The average molecular weight is 349 g/mol. The van der Waals surface area contributed by atoms with Crippen LogP contribution in [0.2, 0.25) is 0 Å². The van der Waals surface area contributed by atoms with Gasteiger partial charge in [0.25, 0.3) is 0 Å². The second kappa shape index (κ2) is 9.17. The van der Waals surface area contributed by atoms with Gasteiger partial charge in [-0.1, -0.05) is 32.6 Å². The molecular weight excluding hydrogens is 318 g/mol. The van der Waals surface area contributed by atoms with Crippen molar-refractivity contribution in [2.45, 2.75) is 83.4 Å². The molecule has 0 unspecified atom stereocenters. The van der Waals surface area contributed by atoms with E-state index in [2.05, 4.69) is 20.7 Å². The topological polar surface area (TPSA) is 81.1 Å². The van der Waals surface area contributed by atoms with Crippen LogP contribution in [0.15, 0.2) is 0 Å². The van der Waals surface area contributed by atoms with Crippen LogP contribution in [0.1, 0.15) is 76.0 Å². The zero-order valence-corrected chi connectivity index (χ0v) is 15.3. The maximum atomic E-state index is 12.2. The minimum absolute atomic E-state index is 0.0516. The first kappa shape index (κ1) is 18.2. The lowest BCUT2D eigenvalue weighted by molar-refractivity contribution is 0.0460. The molecule has 2 heterocycles. The van der Waals surface area contributed by atoms with Crippen LogP contribution < -0.4 is 10.6 Å². The van der Waals surface area contributed by atoms with Gasteiger partial charge >= 0.3 is 6.03 Å². The summed E-state index contributed by atoms with van der Waals surface area (Å²) in [5.41, 5.74) is 0. The molecule has 2 amide bonds. The van der Waals surface area contributed by atoms with E-state index < -0.39 is 0 Å². The van der Waals surface area contributed by atoms with Gasteiger partial charge in [0, 0.05) is 19.5 Å². The summed E-state index contributed by atoms with van der Waals surface area (Å²) in [4.78, 5) is 16.7. The number of fused-ring (bicyclic) bond motifs is 1. The minimum Gasteiger partial charge on any atom is -0.376 e. The third-order valence-electron chi connectivity index (χ3n) is 5.08. The summed E-state index contributed by atoms with van der Waals surface area (Å²) >= 11 is 0. The molecule has 0 radical (unpaired) electrons. The predicted molar refractivity (Wildman–Crippen MR) is 95.4 cm³/mol. The van der Waals surface area contributed by atoms with E-state index in [1.807, 2.05) is 11.6 Å². The summed E-state index contributed by atoms with van der Waals surface area (Å²) in [5, 5.41) is 10.4. The second-order valence-corrected chi connectivity index (χ2v) is 7.04. The molecule has 0 bridgehead atoms. The molecule has 0 aromatic carbocycles. The lowest BCUT2D eigenvalue weighted by Crippen LogP contribution is -2.41. The number of carbonyl (C=O) groups excluding carboxylic acids is 1. The molecule has 2 aliphatic rings. The van der Waals surface area contributed by atoms with E-state index in [9.17, 15) is 4.79 Å². The van der Waals surface area contributed by atoms with Crippen molar-refractivity contribution in [3.8, 4) is 0 Å². The fourth-order valence-electron chi connectivity index (χ4n) is 3.69. The molecule has 1 aliphatic carbocycles. The van der Waals surface area contributed by atoms with Gasteiger partial charge in [0.1, 0.15) is 5.82 Å². The molecule has 0 spiro atoms. The first-order valence-electron chi connectivity index (χ1n) is 9.86. The molecule has 7 heteroatoms. The molecule has 25 heavy (non-hydrogen) atoms. The van der Waals surface area contributed by atoms with Gasteiger partial charge in [0.15, 0.2) is 5.82 Å². The zero-order chi connectivity index (χ0) is 17.5. The van der Waals surface area contributed by atoms with Crippen LogP contribution in [-0.4, -0.2) is 40.1 Å². The lowest BCUT2D eigenvalue weighted by Gasteiger charge is -2.23. The number of ether oxygens (including phenoxy) is 1. The Morgan fingerprint density at radius 2 is 2.00 bits per heavy atom. The van der Waals surface area contributed by atoms with Gasteiger partial charge < -0.3 is 15.4 Å². The van der Waals surface area contributed by atoms with Gasteiger partial charge in [-0.2, -0.15) is 5.10 Å². The van der Waals surface area contributed by atoms with Crippen molar-refractivity contribution in [1.82, 2.24) is 25.4 Å².